The molecule has 0 bridgehead atoms. The van der Waals surface area contributed by atoms with Gasteiger partial charge < -0.3 is 42.9 Å². The zero-order valence-corrected chi connectivity index (χ0v) is 33.1. The van der Waals surface area contributed by atoms with Crippen molar-refractivity contribution in [1.29, 1.82) is 0 Å². The average Bonchev–Trinajstić information content (AvgIpc) is 3.34. The van der Waals surface area contributed by atoms with Crippen molar-refractivity contribution >= 4 is 70.9 Å². The monoisotopic (exact) mass is 740 g/mol. The van der Waals surface area contributed by atoms with Crippen LogP contribution in [-0.2, 0) is 29.6 Å². The molecule has 2 aliphatic rings. The van der Waals surface area contributed by atoms with E-state index in [1.165, 1.54) is 0 Å². The van der Waals surface area contributed by atoms with Gasteiger partial charge in [-0.2, -0.15) is 0 Å². The number of nitrogens with one attached hydrogen (secondary N) is 3. The molecule has 2 unspecified atom stereocenters. The molecule has 2 amide bonds. The van der Waals surface area contributed by atoms with E-state index in [-0.39, 0.29) is 51.2 Å². The Morgan fingerprint density at radius 1 is 1.00 bits per heavy atom. The van der Waals surface area contributed by atoms with Gasteiger partial charge in [0.25, 0.3) is 0 Å². The first-order valence-corrected chi connectivity index (χ1v) is 21.5. The standard InChI is InChI=1S/C33H49B2N5O7P2Si/c1-8-50(9-2,10-3)47-22(5)28-29-21(4)26(30(39(29)31(28)41)32(42)45-48-37-34)20-44-27-16-12-14-24-23(13-11-15-25(24)27)19-40(6,7)18-17-36-33(43)46-49-38-35/h11-16,21-22,28-29,37-38,48-49H,8-10,17-20H2,1-7H3/p+1/t21-,22+,28+,29+/m0/s1. The summed E-state index contributed by atoms with van der Waals surface area (Å²) in [6.07, 6.45) is -0.783. The Kier molecular flexibility index (Phi) is 14.4. The molecule has 1 fully saturated rings. The Labute approximate surface area is 303 Å². The van der Waals surface area contributed by atoms with Gasteiger partial charge in [-0.05, 0) is 36.5 Å². The molecule has 0 spiro atoms. The normalized spacial score (nSPS) is 20.1. The highest BCUT2D eigenvalue weighted by molar-refractivity contribution is 7.32. The van der Waals surface area contributed by atoms with Crippen LogP contribution in [0.15, 0.2) is 47.7 Å². The molecule has 3 N–H and O–H groups in total. The molecular weight excluding hydrogens is 690 g/mol. The van der Waals surface area contributed by atoms with Crippen molar-refractivity contribution in [3.05, 3.63) is 53.2 Å². The number of quaternary nitrogens is 1. The highest BCUT2D eigenvalue weighted by Gasteiger charge is 2.61. The summed E-state index contributed by atoms with van der Waals surface area (Å²) in [7, 11) is 12.1. The lowest BCUT2D eigenvalue weighted by Crippen LogP contribution is -2.65. The number of likely N-dealkylation sites (N-methyl/N-ethyl adjacent to an activating group) is 1. The number of carbonyl (C=O) groups is 3. The Balaban J connectivity index is 1.54. The van der Waals surface area contributed by atoms with Crippen LogP contribution in [0.5, 0.6) is 5.75 Å². The van der Waals surface area contributed by atoms with Crippen molar-refractivity contribution in [1.82, 2.24) is 20.2 Å². The third-order valence-electron chi connectivity index (χ3n) is 10.2. The maximum atomic E-state index is 13.8. The van der Waals surface area contributed by atoms with E-state index < -0.39 is 29.3 Å². The number of ether oxygens (including phenoxy) is 1. The van der Waals surface area contributed by atoms with Crippen molar-refractivity contribution in [3.8, 4) is 5.75 Å². The largest absolute Gasteiger partial charge is 0.488 e. The summed E-state index contributed by atoms with van der Waals surface area (Å²) in [4.78, 5) is 45.3. The lowest BCUT2D eigenvalue weighted by Gasteiger charge is -2.49. The average molecular weight is 740 g/mol. The fourth-order valence-electron chi connectivity index (χ4n) is 7.28. The number of β-lactam (4-membered cyclic amide) rings is 1. The summed E-state index contributed by atoms with van der Waals surface area (Å²) in [6.45, 7) is 12.5. The number of hydrogen-bond acceptors (Lipinski definition) is 9. The van der Waals surface area contributed by atoms with Gasteiger partial charge in [0, 0.05) is 22.4 Å². The number of amides is 2. The second kappa shape index (κ2) is 17.8. The van der Waals surface area contributed by atoms with E-state index in [9.17, 15) is 14.4 Å². The summed E-state index contributed by atoms with van der Waals surface area (Å²) in [5.41, 5.74) is 2.08. The van der Waals surface area contributed by atoms with E-state index in [4.69, 9.17) is 34.2 Å². The molecular formula is C33H50B2N5O7P2Si+. The molecule has 0 aliphatic carbocycles. The number of carbonyl (C=O) groups excluding carboxylic acids is 3. The van der Waals surface area contributed by atoms with Crippen molar-refractivity contribution in [2.45, 2.75) is 71.4 Å². The molecule has 50 heavy (non-hydrogen) atoms. The van der Waals surface area contributed by atoms with Crippen LogP contribution in [0.2, 0.25) is 18.1 Å². The fourth-order valence-corrected chi connectivity index (χ4v) is 10.7. The molecule has 0 saturated carbocycles. The molecule has 2 heterocycles. The lowest BCUT2D eigenvalue weighted by atomic mass is 9.78. The third kappa shape index (κ3) is 8.92. The number of benzene rings is 2. The molecule has 6 atom stereocenters. The van der Waals surface area contributed by atoms with Gasteiger partial charge in [0.2, 0.25) is 5.91 Å². The van der Waals surface area contributed by atoms with Crippen molar-refractivity contribution in [2.24, 2.45) is 11.8 Å². The molecule has 268 valence electrons. The Bertz CT molecular complexity index is 1560. The van der Waals surface area contributed by atoms with E-state index in [0.29, 0.717) is 29.9 Å². The quantitative estimate of drug-likeness (QED) is 0.0823. The second-order valence-electron chi connectivity index (χ2n) is 13.5. The zero-order valence-electron chi connectivity index (χ0n) is 30.1. The van der Waals surface area contributed by atoms with Crippen LogP contribution in [0, 0.1) is 11.8 Å². The fraction of sp³-hybridized carbons (Fsp3) is 0.545. The van der Waals surface area contributed by atoms with E-state index in [0.717, 1.165) is 40.0 Å². The minimum absolute atomic E-state index is 0.109. The molecule has 4 radical (unpaired) electrons. The number of fused-ring (bicyclic) bond motifs is 2. The van der Waals surface area contributed by atoms with Crippen molar-refractivity contribution < 1.29 is 37.1 Å². The van der Waals surface area contributed by atoms with E-state index >= 15 is 0 Å². The topological polar surface area (TPSA) is 127 Å². The van der Waals surface area contributed by atoms with Gasteiger partial charge in [-0.3, -0.25) is 4.79 Å². The summed E-state index contributed by atoms with van der Waals surface area (Å²) >= 11 is 0. The van der Waals surface area contributed by atoms with Gasteiger partial charge in [0.15, 0.2) is 24.3 Å². The van der Waals surface area contributed by atoms with Gasteiger partial charge in [-0.1, -0.05) is 58.0 Å². The van der Waals surface area contributed by atoms with E-state index in [1.54, 1.807) is 4.90 Å². The van der Waals surface area contributed by atoms with Gasteiger partial charge in [-0.25, -0.2) is 9.59 Å². The van der Waals surface area contributed by atoms with Gasteiger partial charge >= 0.3 is 12.1 Å². The third-order valence-corrected chi connectivity index (χ3v) is 15.8. The number of nitrogens with zero attached hydrogens (tertiary/aromatic N) is 2. The number of hydrogen-bond donors (Lipinski definition) is 3. The molecule has 0 aromatic heterocycles. The first kappa shape index (κ1) is 40.3. The SMILES string of the molecule is [B]NPOC(=O)NCC[N+](C)(C)Cc1cccc2c(OCC3=C(C(=O)OPN[B])N4C(=O)[C@H]([C@@H](C)O[Si](CC)(CC)CC)[C@H]4[C@H]3C)cccc12. The van der Waals surface area contributed by atoms with Crippen LogP contribution in [0.3, 0.4) is 0 Å². The van der Waals surface area contributed by atoms with Crippen LogP contribution in [-0.4, -0.2) is 97.6 Å². The molecule has 17 heteroatoms. The maximum Gasteiger partial charge on any atom is 0.411 e. The summed E-state index contributed by atoms with van der Waals surface area (Å²) in [5, 5.41) is 4.73. The Hall–Kier alpha value is -2.50. The molecule has 2 aromatic rings. The maximum absolute atomic E-state index is 13.8. The van der Waals surface area contributed by atoms with E-state index in [2.05, 4.69) is 62.3 Å². The smallest absolute Gasteiger partial charge is 0.411 e. The van der Waals surface area contributed by atoms with Crippen LogP contribution in [0.1, 0.15) is 40.2 Å². The van der Waals surface area contributed by atoms with E-state index in [1.807, 2.05) is 38.1 Å². The highest BCUT2D eigenvalue weighted by atomic mass is 31.1. The molecule has 4 rings (SSSR count). The molecule has 2 aliphatic heterocycles. The van der Waals surface area contributed by atoms with Crippen LogP contribution >= 0.6 is 17.9 Å². The minimum atomic E-state index is -1.97. The lowest BCUT2D eigenvalue weighted by molar-refractivity contribution is -0.902. The van der Waals surface area contributed by atoms with Crippen LogP contribution < -0.4 is 20.1 Å². The van der Waals surface area contributed by atoms with Gasteiger partial charge in [-0.15, -0.1) is 0 Å². The van der Waals surface area contributed by atoms with Crippen molar-refractivity contribution in [2.75, 3.05) is 33.8 Å². The summed E-state index contributed by atoms with van der Waals surface area (Å²) < 4.78 is 24.2. The molecule has 2 aromatic carbocycles. The van der Waals surface area contributed by atoms with Gasteiger partial charge in [0.05, 0.1) is 45.2 Å². The minimum Gasteiger partial charge on any atom is -0.488 e. The predicted octanol–water partition coefficient (Wildman–Crippen LogP) is 4.57. The summed E-state index contributed by atoms with van der Waals surface area (Å²) in [5.74, 6) is -0.564. The van der Waals surface area contributed by atoms with Crippen LogP contribution in [0.25, 0.3) is 10.8 Å². The Morgan fingerprint density at radius 2 is 1.64 bits per heavy atom. The molecule has 1 saturated heterocycles. The Morgan fingerprint density at radius 3 is 2.30 bits per heavy atom. The highest BCUT2D eigenvalue weighted by Crippen LogP contribution is 2.49. The zero-order chi connectivity index (χ0) is 36.6. The van der Waals surface area contributed by atoms with Gasteiger partial charge in [0.1, 0.15) is 42.5 Å². The predicted molar refractivity (Wildman–Crippen MR) is 203 cm³/mol. The first-order valence-electron chi connectivity index (χ1n) is 17.1. The second-order valence-corrected chi connectivity index (χ2v) is 19.6. The van der Waals surface area contributed by atoms with Crippen LogP contribution in [0.4, 0.5) is 4.79 Å². The van der Waals surface area contributed by atoms with Crippen molar-refractivity contribution in [3.63, 3.8) is 0 Å². The first-order chi connectivity index (χ1) is 23.9. The molecule has 12 nitrogen and oxygen atoms in total. The summed E-state index contributed by atoms with van der Waals surface area (Å²) in [6, 6.07) is 14.8. The number of rotatable bonds is 19.